The molecular formula is C21H28N4O4S2. The van der Waals surface area contributed by atoms with Crippen molar-refractivity contribution in [2.24, 2.45) is 5.92 Å². The molecule has 8 nitrogen and oxygen atoms in total. The van der Waals surface area contributed by atoms with Crippen LogP contribution >= 0.6 is 23.1 Å². The fourth-order valence-corrected chi connectivity index (χ4v) is 5.14. The van der Waals surface area contributed by atoms with E-state index >= 15 is 0 Å². The first kappa shape index (κ1) is 23.6. The number of carbonyl (C=O) groups excluding carboxylic acids is 3. The zero-order valence-electron chi connectivity index (χ0n) is 17.8. The number of thiazole rings is 1. The summed E-state index contributed by atoms with van der Waals surface area (Å²) in [6.45, 7) is 2.45. The maximum atomic E-state index is 12.4. The molecular weight excluding hydrogens is 436 g/mol. The molecule has 2 fully saturated rings. The fraction of sp³-hybridized carbons (Fsp3) is 0.524. The largest absolute Gasteiger partial charge is 0.380 e. The molecule has 2 aliphatic heterocycles. The number of anilines is 1. The van der Waals surface area contributed by atoms with Gasteiger partial charge >= 0.3 is 0 Å². The van der Waals surface area contributed by atoms with Crippen molar-refractivity contribution in [2.75, 3.05) is 44.9 Å². The standard InChI is InChI=1S/C16H17N3O3S2.C5H11NO/c1-19-5-4-10(8-14(19)21)15(22)17-11-2-3-12-13(9-11)24-16(18-12)23-7-6-20;1-6-5-2-3-7-4-5/h2-3,6,9-10H,4-5,7-8H2,1H3,(H,17,22);5-6H,2-4H2,1H3. The smallest absolute Gasteiger partial charge is 0.228 e. The minimum atomic E-state index is -0.274. The van der Waals surface area contributed by atoms with Crippen LogP contribution in [-0.4, -0.2) is 73.6 Å². The molecule has 0 bridgehead atoms. The Morgan fingerprint density at radius 3 is 2.90 bits per heavy atom. The summed E-state index contributed by atoms with van der Waals surface area (Å²) in [6, 6.07) is 6.17. The van der Waals surface area contributed by atoms with Crippen LogP contribution in [0.1, 0.15) is 19.3 Å². The minimum absolute atomic E-state index is 0.0103. The first-order valence-electron chi connectivity index (χ1n) is 10.3. The van der Waals surface area contributed by atoms with E-state index in [1.165, 1.54) is 29.5 Å². The maximum absolute atomic E-state index is 12.4. The van der Waals surface area contributed by atoms with E-state index in [1.807, 2.05) is 25.2 Å². The van der Waals surface area contributed by atoms with E-state index in [0.717, 1.165) is 34.1 Å². The summed E-state index contributed by atoms with van der Waals surface area (Å²) < 4.78 is 6.88. The Kier molecular flexibility index (Phi) is 8.82. The van der Waals surface area contributed by atoms with E-state index in [9.17, 15) is 14.4 Å². The molecule has 3 heterocycles. The molecule has 2 saturated heterocycles. The van der Waals surface area contributed by atoms with Crippen molar-refractivity contribution in [3.8, 4) is 0 Å². The number of hydrogen-bond acceptors (Lipinski definition) is 8. The summed E-state index contributed by atoms with van der Waals surface area (Å²) in [5.41, 5.74) is 1.55. The Morgan fingerprint density at radius 1 is 1.42 bits per heavy atom. The second-order valence-corrected chi connectivity index (χ2v) is 9.78. The van der Waals surface area contributed by atoms with Crippen LogP contribution in [0.4, 0.5) is 5.69 Å². The Balaban J connectivity index is 0.000000330. The minimum Gasteiger partial charge on any atom is -0.380 e. The number of aromatic nitrogens is 1. The van der Waals surface area contributed by atoms with Crippen LogP contribution in [0.2, 0.25) is 0 Å². The van der Waals surface area contributed by atoms with Gasteiger partial charge in [0.15, 0.2) is 4.34 Å². The number of nitrogens with one attached hydrogen (secondary N) is 2. The second kappa shape index (κ2) is 11.6. The monoisotopic (exact) mass is 464 g/mol. The lowest BCUT2D eigenvalue weighted by atomic mass is 9.95. The number of carbonyl (C=O) groups is 3. The molecule has 2 unspecified atom stereocenters. The van der Waals surface area contributed by atoms with Gasteiger partial charge in [-0.1, -0.05) is 11.8 Å². The number of rotatable bonds is 6. The summed E-state index contributed by atoms with van der Waals surface area (Å²) in [5, 5.41) is 6.04. The summed E-state index contributed by atoms with van der Waals surface area (Å²) >= 11 is 2.89. The number of amides is 2. The van der Waals surface area contributed by atoms with Crippen molar-refractivity contribution in [3.63, 3.8) is 0 Å². The van der Waals surface area contributed by atoms with Gasteiger partial charge in [-0.3, -0.25) is 9.59 Å². The zero-order chi connectivity index (χ0) is 22.2. The molecule has 1 aromatic carbocycles. The predicted molar refractivity (Wildman–Crippen MR) is 124 cm³/mol. The molecule has 0 radical (unpaired) electrons. The van der Waals surface area contributed by atoms with Crippen LogP contribution in [0.15, 0.2) is 22.5 Å². The molecule has 1 aromatic heterocycles. The van der Waals surface area contributed by atoms with Crippen molar-refractivity contribution in [2.45, 2.75) is 29.6 Å². The average molecular weight is 465 g/mol. The number of ether oxygens (including phenoxy) is 1. The Labute approximate surface area is 190 Å². The van der Waals surface area contributed by atoms with Crippen LogP contribution in [-0.2, 0) is 19.1 Å². The van der Waals surface area contributed by atoms with Gasteiger partial charge in [0, 0.05) is 44.3 Å². The molecule has 2 N–H and O–H groups in total. The quantitative estimate of drug-likeness (QED) is 0.500. The fourth-order valence-electron chi connectivity index (χ4n) is 3.32. The van der Waals surface area contributed by atoms with E-state index in [2.05, 4.69) is 15.6 Å². The van der Waals surface area contributed by atoms with Crippen LogP contribution in [0, 0.1) is 5.92 Å². The lowest BCUT2D eigenvalue weighted by Gasteiger charge is -2.27. The van der Waals surface area contributed by atoms with E-state index in [1.54, 1.807) is 11.9 Å². The number of likely N-dealkylation sites (tertiary alicyclic amines) is 1. The van der Waals surface area contributed by atoms with Gasteiger partial charge in [-0.15, -0.1) is 11.3 Å². The molecule has 2 atom stereocenters. The number of fused-ring (bicyclic) bond motifs is 1. The molecule has 168 valence electrons. The average Bonchev–Trinajstić information content (AvgIpc) is 3.43. The number of piperidine rings is 1. The molecule has 2 aromatic rings. The highest BCUT2D eigenvalue weighted by Gasteiger charge is 2.28. The number of likely N-dealkylation sites (N-methyl/N-ethyl adjacent to an activating group) is 1. The van der Waals surface area contributed by atoms with E-state index in [0.29, 0.717) is 30.4 Å². The number of aldehydes is 1. The Hall–Kier alpha value is -2.01. The van der Waals surface area contributed by atoms with Gasteiger partial charge in [-0.25, -0.2) is 4.98 Å². The van der Waals surface area contributed by atoms with Crippen LogP contribution in [0.5, 0.6) is 0 Å². The molecule has 2 aliphatic rings. The zero-order valence-corrected chi connectivity index (χ0v) is 19.4. The van der Waals surface area contributed by atoms with E-state index in [4.69, 9.17) is 4.74 Å². The Morgan fingerprint density at radius 2 is 2.26 bits per heavy atom. The van der Waals surface area contributed by atoms with Crippen LogP contribution in [0.25, 0.3) is 10.2 Å². The molecule has 0 spiro atoms. The first-order chi connectivity index (χ1) is 15.0. The highest BCUT2D eigenvalue weighted by Crippen LogP contribution is 2.31. The topological polar surface area (TPSA) is 101 Å². The molecule has 4 rings (SSSR count). The lowest BCUT2D eigenvalue weighted by molar-refractivity contribution is -0.137. The van der Waals surface area contributed by atoms with Gasteiger partial charge in [0.1, 0.15) is 6.29 Å². The third-order valence-corrected chi connectivity index (χ3v) is 7.34. The third kappa shape index (κ3) is 6.73. The summed E-state index contributed by atoms with van der Waals surface area (Å²) in [6.07, 6.45) is 2.97. The summed E-state index contributed by atoms with van der Waals surface area (Å²) in [5.74, 6) is 0.00435. The predicted octanol–water partition coefficient (Wildman–Crippen LogP) is 2.39. The SMILES string of the molecule is CN1CCC(C(=O)Nc2ccc3nc(SCC=O)sc3c2)CC1=O.CNC1CCOC1. The maximum Gasteiger partial charge on any atom is 0.228 e. The van der Waals surface area contributed by atoms with Gasteiger partial charge < -0.3 is 25.1 Å². The highest BCUT2D eigenvalue weighted by molar-refractivity contribution is 8.01. The summed E-state index contributed by atoms with van der Waals surface area (Å²) in [7, 11) is 3.73. The summed E-state index contributed by atoms with van der Waals surface area (Å²) in [4.78, 5) is 40.6. The third-order valence-electron chi connectivity index (χ3n) is 5.28. The molecule has 0 saturated carbocycles. The van der Waals surface area contributed by atoms with Crippen LogP contribution in [0.3, 0.4) is 0 Å². The van der Waals surface area contributed by atoms with Gasteiger partial charge in [0.2, 0.25) is 11.8 Å². The number of hydrogen-bond donors (Lipinski definition) is 2. The van der Waals surface area contributed by atoms with Gasteiger partial charge in [-0.2, -0.15) is 0 Å². The number of nitrogens with zero attached hydrogens (tertiary/aromatic N) is 2. The van der Waals surface area contributed by atoms with Crippen molar-refractivity contribution < 1.29 is 19.1 Å². The second-order valence-electron chi connectivity index (χ2n) is 7.48. The number of thioether (sulfide) groups is 1. The van der Waals surface area contributed by atoms with Crippen molar-refractivity contribution in [3.05, 3.63) is 18.2 Å². The Bertz CT molecular complexity index is 914. The van der Waals surface area contributed by atoms with E-state index < -0.39 is 0 Å². The normalized spacial score (nSPS) is 21.0. The molecule has 0 aliphatic carbocycles. The van der Waals surface area contributed by atoms with E-state index in [-0.39, 0.29) is 24.2 Å². The lowest BCUT2D eigenvalue weighted by Crippen LogP contribution is -2.39. The van der Waals surface area contributed by atoms with Crippen LogP contribution < -0.4 is 10.6 Å². The van der Waals surface area contributed by atoms with Crippen molar-refractivity contribution >= 4 is 57.1 Å². The number of benzene rings is 1. The molecule has 31 heavy (non-hydrogen) atoms. The molecule has 10 heteroatoms. The van der Waals surface area contributed by atoms with Gasteiger partial charge in [0.25, 0.3) is 0 Å². The molecule has 2 amide bonds. The van der Waals surface area contributed by atoms with Gasteiger partial charge in [0.05, 0.1) is 22.6 Å². The van der Waals surface area contributed by atoms with Crippen molar-refractivity contribution in [1.29, 1.82) is 0 Å². The van der Waals surface area contributed by atoms with Gasteiger partial charge in [-0.05, 0) is 38.1 Å². The van der Waals surface area contributed by atoms with Crippen molar-refractivity contribution in [1.82, 2.24) is 15.2 Å². The first-order valence-corrected chi connectivity index (χ1v) is 12.1. The highest BCUT2D eigenvalue weighted by atomic mass is 32.2.